The Kier molecular flexibility index (Phi) is 4.43. The second kappa shape index (κ2) is 5.87. The highest BCUT2D eigenvalue weighted by Crippen LogP contribution is 2.18. The largest absolute Gasteiger partial charge is 0.465 e. The molecular formula is C14H25N3O. The van der Waals surface area contributed by atoms with E-state index in [4.69, 9.17) is 10.2 Å². The molecule has 0 spiro atoms. The van der Waals surface area contributed by atoms with Crippen LogP contribution in [0, 0.1) is 12.8 Å². The molecular weight excluding hydrogens is 226 g/mol. The molecule has 1 aromatic heterocycles. The molecule has 0 bridgehead atoms. The summed E-state index contributed by atoms with van der Waals surface area (Å²) in [5.41, 5.74) is 6.79. The molecule has 1 aliphatic rings. The SMILES string of the molecule is Cc1oc(CN(C)CC2CCN(C)C2)cc1CN. The Labute approximate surface area is 110 Å². The molecule has 4 heteroatoms. The molecule has 0 aromatic carbocycles. The number of likely N-dealkylation sites (tertiary alicyclic amines) is 1. The second-order valence-electron chi connectivity index (χ2n) is 5.61. The number of furan rings is 1. The standard InChI is InChI=1S/C14H25N3O/c1-11-13(7-15)6-14(18-11)10-17(3)9-12-4-5-16(2)8-12/h6,12H,4-5,7-10,15H2,1-3H3. The minimum atomic E-state index is 0.562. The number of aryl methyl sites for hydroxylation is 1. The Bertz CT molecular complexity index is 388. The van der Waals surface area contributed by atoms with Gasteiger partial charge in [0.15, 0.2) is 0 Å². The van der Waals surface area contributed by atoms with Crippen molar-refractivity contribution in [3.63, 3.8) is 0 Å². The number of hydrogen-bond acceptors (Lipinski definition) is 4. The van der Waals surface area contributed by atoms with Gasteiger partial charge in [0, 0.05) is 25.2 Å². The Morgan fingerprint density at radius 2 is 2.33 bits per heavy atom. The number of rotatable bonds is 5. The smallest absolute Gasteiger partial charge is 0.118 e. The van der Waals surface area contributed by atoms with Gasteiger partial charge in [-0.3, -0.25) is 4.90 Å². The van der Waals surface area contributed by atoms with Crippen LogP contribution in [0.4, 0.5) is 0 Å². The minimum absolute atomic E-state index is 0.562. The normalized spacial score (nSPS) is 21.1. The molecule has 0 amide bonds. The van der Waals surface area contributed by atoms with Crippen molar-refractivity contribution in [3.05, 3.63) is 23.2 Å². The fraction of sp³-hybridized carbons (Fsp3) is 0.714. The van der Waals surface area contributed by atoms with E-state index in [0.29, 0.717) is 6.54 Å². The third kappa shape index (κ3) is 3.34. The predicted octanol–water partition coefficient (Wildman–Crippen LogP) is 1.43. The fourth-order valence-electron chi connectivity index (χ4n) is 2.81. The minimum Gasteiger partial charge on any atom is -0.465 e. The molecule has 1 atom stereocenters. The highest BCUT2D eigenvalue weighted by atomic mass is 16.3. The lowest BCUT2D eigenvalue weighted by atomic mass is 10.1. The Balaban J connectivity index is 1.84. The quantitative estimate of drug-likeness (QED) is 0.860. The number of hydrogen-bond donors (Lipinski definition) is 1. The highest BCUT2D eigenvalue weighted by Gasteiger charge is 2.21. The average Bonchev–Trinajstić information content (AvgIpc) is 2.85. The molecule has 2 heterocycles. The summed E-state index contributed by atoms with van der Waals surface area (Å²) >= 11 is 0. The third-order valence-corrected chi connectivity index (χ3v) is 3.78. The highest BCUT2D eigenvalue weighted by molar-refractivity contribution is 5.20. The number of nitrogens with zero attached hydrogens (tertiary/aromatic N) is 2. The Morgan fingerprint density at radius 3 is 2.89 bits per heavy atom. The Hall–Kier alpha value is -0.840. The first-order valence-electron chi connectivity index (χ1n) is 6.74. The first-order valence-corrected chi connectivity index (χ1v) is 6.74. The summed E-state index contributed by atoms with van der Waals surface area (Å²) in [6.07, 6.45) is 1.31. The summed E-state index contributed by atoms with van der Waals surface area (Å²) < 4.78 is 5.73. The molecule has 1 aromatic rings. The molecule has 1 fully saturated rings. The fourth-order valence-corrected chi connectivity index (χ4v) is 2.81. The van der Waals surface area contributed by atoms with Crippen LogP contribution in [0.3, 0.4) is 0 Å². The lowest BCUT2D eigenvalue weighted by Gasteiger charge is -2.19. The van der Waals surface area contributed by atoms with Crippen molar-refractivity contribution in [2.75, 3.05) is 33.7 Å². The summed E-state index contributed by atoms with van der Waals surface area (Å²) in [4.78, 5) is 4.75. The Morgan fingerprint density at radius 1 is 1.56 bits per heavy atom. The average molecular weight is 251 g/mol. The topological polar surface area (TPSA) is 45.6 Å². The van der Waals surface area contributed by atoms with Crippen molar-refractivity contribution in [2.24, 2.45) is 11.7 Å². The van der Waals surface area contributed by atoms with Crippen LogP contribution in [-0.2, 0) is 13.1 Å². The van der Waals surface area contributed by atoms with Crippen molar-refractivity contribution in [1.82, 2.24) is 9.80 Å². The molecule has 1 saturated heterocycles. The van der Waals surface area contributed by atoms with Gasteiger partial charge in [-0.1, -0.05) is 0 Å². The van der Waals surface area contributed by atoms with E-state index in [-0.39, 0.29) is 0 Å². The summed E-state index contributed by atoms with van der Waals surface area (Å²) in [7, 11) is 4.36. The molecule has 2 rings (SSSR count). The van der Waals surface area contributed by atoms with Gasteiger partial charge in [-0.25, -0.2) is 0 Å². The van der Waals surface area contributed by atoms with Crippen molar-refractivity contribution < 1.29 is 4.42 Å². The molecule has 18 heavy (non-hydrogen) atoms. The zero-order valence-corrected chi connectivity index (χ0v) is 11.8. The van der Waals surface area contributed by atoms with Crippen LogP contribution >= 0.6 is 0 Å². The van der Waals surface area contributed by atoms with E-state index in [2.05, 4.69) is 30.0 Å². The van der Waals surface area contributed by atoms with Gasteiger partial charge in [-0.2, -0.15) is 0 Å². The summed E-state index contributed by atoms with van der Waals surface area (Å²) in [6, 6.07) is 2.09. The van der Waals surface area contributed by atoms with E-state index in [1.807, 2.05) is 6.92 Å². The van der Waals surface area contributed by atoms with Crippen molar-refractivity contribution in [2.45, 2.75) is 26.4 Å². The zero-order valence-electron chi connectivity index (χ0n) is 11.8. The van der Waals surface area contributed by atoms with E-state index in [9.17, 15) is 0 Å². The van der Waals surface area contributed by atoms with Crippen LogP contribution in [0.1, 0.15) is 23.5 Å². The van der Waals surface area contributed by atoms with E-state index < -0.39 is 0 Å². The molecule has 0 aliphatic carbocycles. The van der Waals surface area contributed by atoms with E-state index >= 15 is 0 Å². The van der Waals surface area contributed by atoms with Gasteiger partial charge in [0.2, 0.25) is 0 Å². The lowest BCUT2D eigenvalue weighted by molar-refractivity contribution is 0.247. The number of nitrogens with two attached hydrogens (primary N) is 1. The van der Waals surface area contributed by atoms with E-state index in [1.165, 1.54) is 19.5 Å². The van der Waals surface area contributed by atoms with Crippen molar-refractivity contribution in [3.8, 4) is 0 Å². The molecule has 2 N–H and O–H groups in total. The van der Waals surface area contributed by atoms with Crippen LogP contribution in [0.15, 0.2) is 10.5 Å². The van der Waals surface area contributed by atoms with E-state index in [0.717, 1.165) is 36.1 Å². The van der Waals surface area contributed by atoms with Crippen molar-refractivity contribution in [1.29, 1.82) is 0 Å². The predicted molar refractivity (Wildman–Crippen MR) is 73.3 cm³/mol. The van der Waals surface area contributed by atoms with Crippen LogP contribution in [0.25, 0.3) is 0 Å². The molecule has 1 unspecified atom stereocenters. The van der Waals surface area contributed by atoms with Crippen LogP contribution in [0.2, 0.25) is 0 Å². The maximum atomic E-state index is 5.73. The van der Waals surface area contributed by atoms with Crippen molar-refractivity contribution >= 4 is 0 Å². The molecule has 0 radical (unpaired) electrons. The van der Waals surface area contributed by atoms with Gasteiger partial charge in [0.25, 0.3) is 0 Å². The van der Waals surface area contributed by atoms with Gasteiger partial charge >= 0.3 is 0 Å². The van der Waals surface area contributed by atoms with E-state index in [1.54, 1.807) is 0 Å². The van der Waals surface area contributed by atoms with Gasteiger partial charge in [-0.05, 0) is 46.0 Å². The van der Waals surface area contributed by atoms with Crippen LogP contribution in [0.5, 0.6) is 0 Å². The molecule has 0 saturated carbocycles. The van der Waals surface area contributed by atoms with Gasteiger partial charge in [0.05, 0.1) is 6.54 Å². The van der Waals surface area contributed by atoms with Gasteiger partial charge < -0.3 is 15.1 Å². The van der Waals surface area contributed by atoms with Gasteiger partial charge in [0.1, 0.15) is 11.5 Å². The van der Waals surface area contributed by atoms with Crippen LogP contribution in [-0.4, -0.2) is 43.5 Å². The molecule has 4 nitrogen and oxygen atoms in total. The van der Waals surface area contributed by atoms with Gasteiger partial charge in [-0.15, -0.1) is 0 Å². The molecule has 1 aliphatic heterocycles. The van der Waals surface area contributed by atoms with Crippen LogP contribution < -0.4 is 5.73 Å². The zero-order chi connectivity index (χ0) is 13.1. The monoisotopic (exact) mass is 251 g/mol. The maximum Gasteiger partial charge on any atom is 0.118 e. The lowest BCUT2D eigenvalue weighted by Crippen LogP contribution is -2.26. The summed E-state index contributed by atoms with van der Waals surface area (Å²) in [6.45, 7) is 7.01. The maximum absolute atomic E-state index is 5.73. The third-order valence-electron chi connectivity index (χ3n) is 3.78. The summed E-state index contributed by atoms with van der Waals surface area (Å²) in [5.74, 6) is 2.79. The molecule has 102 valence electrons. The second-order valence-corrected chi connectivity index (χ2v) is 5.61. The first-order chi connectivity index (χ1) is 8.58. The summed E-state index contributed by atoms with van der Waals surface area (Å²) in [5, 5.41) is 0. The first kappa shape index (κ1) is 13.6.